The van der Waals surface area contributed by atoms with Crippen LogP contribution in [0.4, 0.5) is 5.95 Å². The lowest BCUT2D eigenvalue weighted by Crippen LogP contribution is -2.36. The molecule has 3 rings (SSSR count). The molecule has 0 radical (unpaired) electrons. The monoisotopic (exact) mass is 264 g/mol. The van der Waals surface area contributed by atoms with E-state index in [1.54, 1.807) is 7.11 Å². The van der Waals surface area contributed by atoms with Crippen molar-refractivity contribution in [2.75, 3.05) is 31.7 Å². The summed E-state index contributed by atoms with van der Waals surface area (Å²) in [6.07, 6.45) is 6.01. The molecule has 2 fully saturated rings. The number of aromatic nitrogens is 2. The Labute approximate surface area is 114 Å². The van der Waals surface area contributed by atoms with Gasteiger partial charge in [-0.05, 0) is 26.2 Å². The van der Waals surface area contributed by atoms with Gasteiger partial charge in [0.1, 0.15) is 0 Å². The molecule has 0 saturated carbocycles. The SMILES string of the molecule is COCCn1cc(C)nc1N1CCC2CCC(C1)N2. The van der Waals surface area contributed by atoms with Crippen LogP contribution >= 0.6 is 0 Å². The highest BCUT2D eigenvalue weighted by Gasteiger charge is 2.30. The summed E-state index contributed by atoms with van der Waals surface area (Å²) in [7, 11) is 1.75. The predicted octanol–water partition coefficient (Wildman–Crippen LogP) is 1.17. The molecular formula is C14H24N4O. The minimum absolute atomic E-state index is 0.639. The fraction of sp³-hybridized carbons (Fsp3) is 0.786. The summed E-state index contributed by atoms with van der Waals surface area (Å²) in [5, 5.41) is 3.72. The van der Waals surface area contributed by atoms with E-state index in [9.17, 15) is 0 Å². The van der Waals surface area contributed by atoms with Crippen molar-refractivity contribution in [3.8, 4) is 0 Å². The summed E-state index contributed by atoms with van der Waals surface area (Å²) in [6.45, 7) is 5.87. The third-order valence-corrected chi connectivity index (χ3v) is 4.22. The van der Waals surface area contributed by atoms with Crippen LogP contribution in [0.5, 0.6) is 0 Å². The fourth-order valence-corrected chi connectivity index (χ4v) is 3.27. The van der Waals surface area contributed by atoms with Crippen LogP contribution in [0.1, 0.15) is 25.0 Å². The first-order valence-corrected chi connectivity index (χ1v) is 7.30. The first kappa shape index (κ1) is 12.9. The van der Waals surface area contributed by atoms with Crippen molar-refractivity contribution in [2.45, 2.75) is 44.8 Å². The van der Waals surface area contributed by atoms with Crippen LogP contribution in [0.2, 0.25) is 0 Å². The number of fused-ring (bicyclic) bond motifs is 2. The number of methoxy groups -OCH3 is 1. The molecule has 0 aromatic carbocycles. The second kappa shape index (κ2) is 5.51. The van der Waals surface area contributed by atoms with Crippen molar-refractivity contribution in [3.63, 3.8) is 0 Å². The highest BCUT2D eigenvalue weighted by atomic mass is 16.5. The third-order valence-electron chi connectivity index (χ3n) is 4.22. The number of rotatable bonds is 4. The zero-order valence-corrected chi connectivity index (χ0v) is 11.9. The maximum Gasteiger partial charge on any atom is 0.205 e. The zero-order valence-electron chi connectivity index (χ0n) is 11.9. The van der Waals surface area contributed by atoms with Crippen molar-refractivity contribution < 1.29 is 4.74 Å². The molecule has 2 aliphatic rings. The summed E-state index contributed by atoms with van der Waals surface area (Å²) in [5.74, 6) is 1.11. The quantitative estimate of drug-likeness (QED) is 0.886. The Hall–Kier alpha value is -1.07. The molecule has 2 saturated heterocycles. The van der Waals surface area contributed by atoms with E-state index in [0.29, 0.717) is 6.04 Å². The average Bonchev–Trinajstić information content (AvgIpc) is 2.90. The van der Waals surface area contributed by atoms with Gasteiger partial charge in [-0.25, -0.2) is 4.98 Å². The number of ether oxygens (including phenoxy) is 1. The van der Waals surface area contributed by atoms with Gasteiger partial charge in [0.05, 0.1) is 12.3 Å². The van der Waals surface area contributed by atoms with Crippen molar-refractivity contribution >= 4 is 5.95 Å². The number of nitrogens with zero attached hydrogens (tertiary/aromatic N) is 3. The van der Waals surface area contributed by atoms with E-state index in [1.165, 1.54) is 19.3 Å². The Morgan fingerprint density at radius 2 is 2.21 bits per heavy atom. The van der Waals surface area contributed by atoms with Gasteiger partial charge in [-0.15, -0.1) is 0 Å². The standard InChI is InChI=1S/C14H24N4O/c1-11-9-18(7-8-19-2)14(15-11)17-6-5-12-3-4-13(10-17)16-12/h9,12-13,16H,3-8,10H2,1-2H3. The van der Waals surface area contributed by atoms with Crippen LogP contribution in [-0.4, -0.2) is 48.4 Å². The molecule has 1 aromatic heterocycles. The van der Waals surface area contributed by atoms with Crippen LogP contribution in [-0.2, 0) is 11.3 Å². The smallest absolute Gasteiger partial charge is 0.205 e. The zero-order chi connectivity index (χ0) is 13.2. The molecule has 3 heterocycles. The van der Waals surface area contributed by atoms with Gasteiger partial charge in [-0.1, -0.05) is 0 Å². The van der Waals surface area contributed by atoms with Gasteiger partial charge in [0.2, 0.25) is 5.95 Å². The lowest BCUT2D eigenvalue weighted by molar-refractivity contribution is 0.187. The summed E-state index contributed by atoms with van der Waals surface area (Å²) in [4.78, 5) is 7.16. The van der Waals surface area contributed by atoms with Crippen LogP contribution in [0.15, 0.2) is 6.20 Å². The van der Waals surface area contributed by atoms with Gasteiger partial charge >= 0.3 is 0 Å². The molecule has 5 nitrogen and oxygen atoms in total. The Bertz CT molecular complexity index is 431. The molecule has 5 heteroatoms. The summed E-state index contributed by atoms with van der Waals surface area (Å²) in [5.41, 5.74) is 1.09. The molecule has 19 heavy (non-hydrogen) atoms. The Balaban J connectivity index is 1.76. The van der Waals surface area contributed by atoms with Crippen LogP contribution in [0.25, 0.3) is 0 Å². The molecular weight excluding hydrogens is 240 g/mol. The maximum absolute atomic E-state index is 5.19. The average molecular weight is 264 g/mol. The molecule has 0 amide bonds. The molecule has 2 unspecified atom stereocenters. The van der Waals surface area contributed by atoms with Crippen molar-refractivity contribution in [1.29, 1.82) is 0 Å². The van der Waals surface area contributed by atoms with E-state index >= 15 is 0 Å². The maximum atomic E-state index is 5.19. The van der Waals surface area contributed by atoms with E-state index in [0.717, 1.165) is 43.9 Å². The highest BCUT2D eigenvalue weighted by molar-refractivity contribution is 5.34. The number of hydrogen-bond donors (Lipinski definition) is 1. The van der Waals surface area contributed by atoms with E-state index in [2.05, 4.69) is 27.9 Å². The molecule has 106 valence electrons. The fourth-order valence-electron chi connectivity index (χ4n) is 3.27. The lowest BCUT2D eigenvalue weighted by Gasteiger charge is -2.26. The molecule has 0 spiro atoms. The van der Waals surface area contributed by atoms with Crippen LogP contribution < -0.4 is 10.2 Å². The number of hydrogen-bond acceptors (Lipinski definition) is 4. The van der Waals surface area contributed by atoms with Gasteiger partial charge in [-0.2, -0.15) is 0 Å². The second-order valence-electron chi connectivity index (χ2n) is 5.74. The molecule has 1 N–H and O–H groups in total. The Kier molecular flexibility index (Phi) is 3.75. The lowest BCUT2D eigenvalue weighted by atomic mass is 10.1. The van der Waals surface area contributed by atoms with Gasteiger partial charge in [-0.3, -0.25) is 0 Å². The van der Waals surface area contributed by atoms with E-state index in [1.807, 2.05) is 0 Å². The van der Waals surface area contributed by atoms with Gasteiger partial charge in [0.25, 0.3) is 0 Å². The first-order valence-electron chi connectivity index (χ1n) is 7.30. The molecule has 1 aromatic rings. The van der Waals surface area contributed by atoms with E-state index in [-0.39, 0.29) is 0 Å². The van der Waals surface area contributed by atoms with Crippen molar-refractivity contribution in [1.82, 2.24) is 14.9 Å². The van der Waals surface area contributed by atoms with Crippen molar-refractivity contribution in [3.05, 3.63) is 11.9 Å². The second-order valence-corrected chi connectivity index (χ2v) is 5.74. The number of anilines is 1. The van der Waals surface area contributed by atoms with Gasteiger partial charge < -0.3 is 19.5 Å². The van der Waals surface area contributed by atoms with E-state index in [4.69, 9.17) is 9.72 Å². The van der Waals surface area contributed by atoms with Gasteiger partial charge in [0, 0.05) is 45.0 Å². The minimum Gasteiger partial charge on any atom is -0.383 e. The molecule has 0 aliphatic carbocycles. The van der Waals surface area contributed by atoms with Crippen molar-refractivity contribution in [2.24, 2.45) is 0 Å². The summed E-state index contributed by atoms with van der Waals surface area (Å²) >= 11 is 0. The molecule has 2 aliphatic heterocycles. The topological polar surface area (TPSA) is 42.3 Å². The number of nitrogens with one attached hydrogen (secondary N) is 1. The predicted molar refractivity (Wildman–Crippen MR) is 75.6 cm³/mol. The largest absolute Gasteiger partial charge is 0.383 e. The summed E-state index contributed by atoms with van der Waals surface area (Å²) in [6, 6.07) is 1.36. The molecule has 2 atom stereocenters. The van der Waals surface area contributed by atoms with Crippen LogP contribution in [0.3, 0.4) is 0 Å². The van der Waals surface area contributed by atoms with Crippen LogP contribution in [0, 0.1) is 6.92 Å². The van der Waals surface area contributed by atoms with E-state index < -0.39 is 0 Å². The Morgan fingerprint density at radius 1 is 1.37 bits per heavy atom. The first-order chi connectivity index (χ1) is 9.26. The minimum atomic E-state index is 0.639. The number of aryl methyl sites for hydroxylation is 1. The number of imidazole rings is 1. The van der Waals surface area contributed by atoms with Gasteiger partial charge in [0.15, 0.2) is 0 Å². The summed E-state index contributed by atoms with van der Waals surface area (Å²) < 4.78 is 7.43. The highest BCUT2D eigenvalue weighted by Crippen LogP contribution is 2.24. The normalized spacial score (nSPS) is 26.7. The Morgan fingerprint density at radius 3 is 3.05 bits per heavy atom. The molecule has 2 bridgehead atoms. The third kappa shape index (κ3) is 2.77.